The van der Waals surface area contributed by atoms with E-state index in [1.807, 2.05) is 50.2 Å². The lowest BCUT2D eigenvalue weighted by atomic mass is 9.83. The third-order valence-corrected chi connectivity index (χ3v) is 6.81. The van der Waals surface area contributed by atoms with Gasteiger partial charge in [0, 0.05) is 17.1 Å². The molecule has 1 saturated carbocycles. The van der Waals surface area contributed by atoms with Gasteiger partial charge in [0.25, 0.3) is 0 Å². The van der Waals surface area contributed by atoms with Gasteiger partial charge in [0.05, 0.1) is 0 Å². The largest absolute Gasteiger partial charge is 0.481 e. The van der Waals surface area contributed by atoms with E-state index in [0.717, 1.165) is 66.0 Å². The summed E-state index contributed by atoms with van der Waals surface area (Å²) in [6.07, 6.45) is 6.25. The van der Waals surface area contributed by atoms with E-state index < -0.39 is 0 Å². The van der Waals surface area contributed by atoms with Crippen LogP contribution in [-0.2, 0) is 9.53 Å². The lowest BCUT2D eigenvalue weighted by Crippen LogP contribution is -2.38. The van der Waals surface area contributed by atoms with Gasteiger partial charge in [0.15, 0.2) is 6.61 Å². The minimum Gasteiger partial charge on any atom is -0.481 e. The van der Waals surface area contributed by atoms with Crippen LogP contribution in [0.4, 0.5) is 17.1 Å². The number of ether oxygens (including phenoxy) is 2. The maximum absolute atomic E-state index is 12.7. The zero-order valence-electron chi connectivity index (χ0n) is 20.5. The zero-order valence-corrected chi connectivity index (χ0v) is 20.5. The maximum Gasteiger partial charge on any atom is 0.344 e. The van der Waals surface area contributed by atoms with E-state index in [9.17, 15) is 4.79 Å². The molecule has 1 fully saturated rings. The molecule has 0 N–H and O–H groups in total. The first-order valence-corrected chi connectivity index (χ1v) is 12.4. The van der Waals surface area contributed by atoms with Crippen molar-refractivity contribution in [2.24, 2.45) is 0 Å². The Morgan fingerprint density at radius 3 is 1.85 bits per heavy atom. The van der Waals surface area contributed by atoms with Crippen LogP contribution in [0.1, 0.15) is 56.6 Å². The van der Waals surface area contributed by atoms with Crippen LogP contribution in [0, 0.1) is 13.8 Å². The van der Waals surface area contributed by atoms with E-state index >= 15 is 0 Å². The van der Waals surface area contributed by atoms with Gasteiger partial charge in [-0.05, 0) is 93.5 Å². The van der Waals surface area contributed by atoms with Crippen molar-refractivity contribution in [2.45, 2.75) is 64.9 Å². The van der Waals surface area contributed by atoms with Crippen molar-refractivity contribution in [3.8, 4) is 5.75 Å². The van der Waals surface area contributed by atoms with Gasteiger partial charge >= 0.3 is 5.97 Å². The molecule has 0 aliphatic heterocycles. The maximum atomic E-state index is 12.7. The second-order valence-electron chi connectivity index (χ2n) is 9.28. The Bertz CT molecular complexity index is 1030. The number of carbonyl (C=O) groups excluding carboxylic acids is 1. The Morgan fingerprint density at radius 2 is 1.35 bits per heavy atom. The summed E-state index contributed by atoms with van der Waals surface area (Å²) < 4.78 is 11.9. The number of benzene rings is 3. The van der Waals surface area contributed by atoms with Crippen LogP contribution in [0.3, 0.4) is 0 Å². The fraction of sp³-hybridized carbons (Fsp3) is 0.367. The van der Waals surface area contributed by atoms with Crippen LogP contribution >= 0.6 is 0 Å². The number of hydrogen-bond acceptors (Lipinski definition) is 4. The average Bonchev–Trinajstić information content (AvgIpc) is 2.85. The molecule has 4 heteroatoms. The molecule has 0 atom stereocenters. The summed E-state index contributed by atoms with van der Waals surface area (Å²) in [4.78, 5) is 14.9. The van der Waals surface area contributed by atoms with Crippen LogP contribution in [-0.4, -0.2) is 18.2 Å². The molecule has 1 aliphatic rings. The van der Waals surface area contributed by atoms with Crippen molar-refractivity contribution in [3.63, 3.8) is 0 Å². The van der Waals surface area contributed by atoms with Crippen molar-refractivity contribution in [3.05, 3.63) is 83.9 Å². The van der Waals surface area contributed by atoms with Crippen LogP contribution in [0.5, 0.6) is 5.75 Å². The van der Waals surface area contributed by atoms with E-state index in [2.05, 4.69) is 48.2 Å². The van der Waals surface area contributed by atoms with Crippen LogP contribution < -0.4 is 9.64 Å². The highest BCUT2D eigenvalue weighted by molar-refractivity contribution is 5.78. The third-order valence-electron chi connectivity index (χ3n) is 6.81. The molecule has 0 heterocycles. The smallest absolute Gasteiger partial charge is 0.344 e. The first-order chi connectivity index (χ1) is 16.5. The van der Waals surface area contributed by atoms with Crippen molar-refractivity contribution in [1.82, 2.24) is 0 Å². The van der Waals surface area contributed by atoms with Gasteiger partial charge in [0.2, 0.25) is 0 Å². The second kappa shape index (κ2) is 10.8. The van der Waals surface area contributed by atoms with E-state index in [-0.39, 0.29) is 18.2 Å². The normalized spacial score (nSPS) is 14.9. The lowest BCUT2D eigenvalue weighted by Gasteiger charge is -2.36. The molecule has 0 bridgehead atoms. The first-order valence-electron chi connectivity index (χ1n) is 12.4. The molecule has 0 amide bonds. The number of aryl methyl sites for hydroxylation is 2. The predicted molar refractivity (Wildman–Crippen MR) is 138 cm³/mol. The minimum absolute atomic E-state index is 0.0656. The number of para-hydroxylation sites is 2. The van der Waals surface area contributed by atoms with E-state index in [0.29, 0.717) is 0 Å². The van der Waals surface area contributed by atoms with Crippen molar-refractivity contribution >= 4 is 23.0 Å². The summed E-state index contributed by atoms with van der Waals surface area (Å²) in [7, 11) is 0. The van der Waals surface area contributed by atoms with E-state index in [1.54, 1.807) is 0 Å². The molecule has 3 aromatic rings. The van der Waals surface area contributed by atoms with Gasteiger partial charge in [-0.1, -0.05) is 49.7 Å². The second-order valence-corrected chi connectivity index (χ2v) is 9.28. The molecule has 178 valence electrons. The highest BCUT2D eigenvalue weighted by Gasteiger charge is 2.34. The lowest BCUT2D eigenvalue weighted by molar-refractivity contribution is -0.166. The molecular formula is C30H35NO3. The van der Waals surface area contributed by atoms with Crippen LogP contribution in [0.15, 0.2) is 72.8 Å². The van der Waals surface area contributed by atoms with Gasteiger partial charge < -0.3 is 14.4 Å². The summed E-state index contributed by atoms with van der Waals surface area (Å²) >= 11 is 0. The van der Waals surface area contributed by atoms with E-state index in [1.165, 1.54) is 6.42 Å². The van der Waals surface area contributed by atoms with E-state index in [4.69, 9.17) is 9.47 Å². The molecule has 3 aromatic carbocycles. The quantitative estimate of drug-likeness (QED) is 0.323. The highest BCUT2D eigenvalue weighted by atomic mass is 16.6. The summed E-state index contributed by atoms with van der Waals surface area (Å²) in [6.45, 7) is 6.10. The first kappa shape index (κ1) is 23.9. The van der Waals surface area contributed by atoms with Gasteiger partial charge in [-0.15, -0.1) is 0 Å². The van der Waals surface area contributed by atoms with Crippen molar-refractivity contribution < 1.29 is 14.3 Å². The van der Waals surface area contributed by atoms with Crippen molar-refractivity contribution in [1.29, 1.82) is 0 Å². The number of nitrogens with zero attached hydrogens (tertiary/aromatic N) is 1. The third kappa shape index (κ3) is 5.44. The molecule has 0 spiro atoms. The molecule has 34 heavy (non-hydrogen) atoms. The summed E-state index contributed by atoms with van der Waals surface area (Å²) in [5, 5.41) is 0. The SMILES string of the molecule is CCC1(OC(=O)COc2c(C)cc(N(c3ccccc3)c3ccccc3)cc2C)CCCCC1. The Labute approximate surface area is 203 Å². The van der Waals surface area contributed by atoms with Crippen LogP contribution in [0.2, 0.25) is 0 Å². The fourth-order valence-corrected chi connectivity index (χ4v) is 5.01. The Balaban J connectivity index is 1.53. The molecule has 0 radical (unpaired) electrons. The standard InChI is InChI=1S/C30H35NO3/c1-4-30(18-12-7-13-19-30)34-28(32)22-33-29-23(2)20-27(21-24(29)3)31(25-14-8-5-9-15-25)26-16-10-6-11-17-26/h5-6,8-11,14-17,20-21H,4,7,12-13,18-19,22H2,1-3H3. The molecular weight excluding hydrogens is 422 g/mol. The Kier molecular flexibility index (Phi) is 7.56. The topological polar surface area (TPSA) is 38.8 Å². The number of carbonyl (C=O) groups is 1. The monoisotopic (exact) mass is 457 g/mol. The molecule has 4 nitrogen and oxygen atoms in total. The molecule has 0 unspecified atom stereocenters. The molecule has 0 aromatic heterocycles. The summed E-state index contributed by atoms with van der Waals surface area (Å²) in [6, 6.07) is 24.9. The molecule has 4 rings (SSSR count). The van der Waals surface area contributed by atoms with Crippen molar-refractivity contribution in [2.75, 3.05) is 11.5 Å². The Morgan fingerprint density at radius 1 is 0.824 bits per heavy atom. The molecule has 0 saturated heterocycles. The number of rotatable bonds is 8. The van der Waals surface area contributed by atoms with Gasteiger partial charge in [-0.25, -0.2) is 4.79 Å². The fourth-order valence-electron chi connectivity index (χ4n) is 5.01. The predicted octanol–water partition coefficient (Wildman–Crippen LogP) is 7.81. The van der Waals surface area contributed by atoms with Gasteiger partial charge in [-0.3, -0.25) is 0 Å². The number of anilines is 3. The summed E-state index contributed by atoms with van der Waals surface area (Å²) in [5.41, 5.74) is 4.89. The summed E-state index contributed by atoms with van der Waals surface area (Å²) in [5.74, 6) is 0.470. The van der Waals surface area contributed by atoms with Gasteiger partial charge in [0.1, 0.15) is 11.4 Å². The number of esters is 1. The minimum atomic E-state index is -0.307. The number of hydrogen-bond donors (Lipinski definition) is 0. The van der Waals surface area contributed by atoms with Crippen LogP contribution in [0.25, 0.3) is 0 Å². The average molecular weight is 458 g/mol. The highest BCUT2D eigenvalue weighted by Crippen LogP contribution is 2.38. The molecule has 1 aliphatic carbocycles. The Hall–Kier alpha value is -3.27. The van der Waals surface area contributed by atoms with Gasteiger partial charge in [-0.2, -0.15) is 0 Å². The zero-order chi connectivity index (χ0) is 24.0.